The number of carbonyl (C=O) groups is 5. The highest BCUT2D eigenvalue weighted by molar-refractivity contribution is 5.91. The Labute approximate surface area is 343 Å². The van der Waals surface area contributed by atoms with Crippen molar-refractivity contribution in [3.8, 4) is 0 Å². The summed E-state index contributed by atoms with van der Waals surface area (Å²) in [6.07, 6.45) is 4.57. The van der Waals surface area contributed by atoms with E-state index in [1.54, 1.807) is 27.8 Å². The zero-order valence-electron chi connectivity index (χ0n) is 34.1. The van der Waals surface area contributed by atoms with Gasteiger partial charge >= 0.3 is 23.8 Å². The predicted molar refractivity (Wildman–Crippen MR) is 217 cm³/mol. The van der Waals surface area contributed by atoms with E-state index in [1.807, 2.05) is 42.2 Å². The Morgan fingerprint density at radius 3 is 2.37 bits per heavy atom. The number of nitrogens with one attached hydrogen (secondary N) is 1. The molecule has 2 aromatic carbocycles. The average Bonchev–Trinajstić information content (AvgIpc) is 3.93. The molecule has 8 rings (SSSR count). The fraction of sp³-hybridized carbons (Fsp3) is 0.581. The van der Waals surface area contributed by atoms with Gasteiger partial charge in [0.15, 0.2) is 11.7 Å². The van der Waals surface area contributed by atoms with E-state index < -0.39 is 18.0 Å². The first-order chi connectivity index (χ1) is 28.5. The Bertz CT molecular complexity index is 2130. The van der Waals surface area contributed by atoms with Crippen molar-refractivity contribution >= 4 is 46.7 Å². The first-order valence-corrected chi connectivity index (χ1v) is 21.2. The molecule has 1 aromatic heterocycles. The number of fused-ring (bicyclic) bond motifs is 2. The molecular formula is C43H55N7O9. The van der Waals surface area contributed by atoms with Gasteiger partial charge < -0.3 is 38.8 Å². The number of piperidine rings is 2. The van der Waals surface area contributed by atoms with Crippen LogP contribution in [0.25, 0.3) is 11.1 Å². The topological polar surface area (TPSA) is 167 Å². The number of urea groups is 1. The Morgan fingerprint density at radius 1 is 0.864 bits per heavy atom. The molecule has 5 amide bonds. The number of esters is 1. The summed E-state index contributed by atoms with van der Waals surface area (Å²) in [4.78, 5) is 88.2. The maximum Gasteiger partial charge on any atom is 0.419 e. The van der Waals surface area contributed by atoms with E-state index in [0.29, 0.717) is 101 Å². The third kappa shape index (κ3) is 8.68. The van der Waals surface area contributed by atoms with Crippen LogP contribution in [0.15, 0.2) is 45.6 Å². The highest BCUT2D eigenvalue weighted by atomic mass is 16.6. The molecule has 2 atom stereocenters. The summed E-state index contributed by atoms with van der Waals surface area (Å²) >= 11 is 0. The van der Waals surface area contributed by atoms with Gasteiger partial charge in [-0.05, 0) is 93.7 Å². The summed E-state index contributed by atoms with van der Waals surface area (Å²) in [6.45, 7) is 6.17. The van der Waals surface area contributed by atoms with Crippen LogP contribution in [0.5, 0.6) is 0 Å². The lowest BCUT2D eigenvalue weighted by Gasteiger charge is -2.40. The van der Waals surface area contributed by atoms with E-state index in [0.717, 1.165) is 42.6 Å². The molecular weight excluding hydrogens is 759 g/mol. The van der Waals surface area contributed by atoms with Crippen LogP contribution >= 0.6 is 0 Å². The van der Waals surface area contributed by atoms with Crippen LogP contribution in [0.3, 0.4) is 0 Å². The molecule has 59 heavy (non-hydrogen) atoms. The lowest BCUT2D eigenvalue weighted by molar-refractivity contribution is -0.152. The molecule has 16 heteroatoms. The molecule has 0 unspecified atom stereocenters. The van der Waals surface area contributed by atoms with Gasteiger partial charge in [0.05, 0.1) is 12.1 Å². The smallest absolute Gasteiger partial charge is 0.419 e. The number of oxazole rings is 1. The number of aryl methyl sites for hydroxylation is 2. The summed E-state index contributed by atoms with van der Waals surface area (Å²) in [7, 11) is 1.64. The maximum atomic E-state index is 14.4. The second kappa shape index (κ2) is 17.5. The van der Waals surface area contributed by atoms with Gasteiger partial charge in [-0.15, -0.1) is 0 Å². The molecule has 0 bridgehead atoms. The van der Waals surface area contributed by atoms with E-state index in [1.165, 1.54) is 4.57 Å². The largest absolute Gasteiger partial charge is 0.463 e. The minimum atomic E-state index is -1.13. The maximum absolute atomic E-state index is 14.4. The SMILES string of the molecule is Cc1cc(C[C@@H](OC(=O)N2CCC(N3CCc4ccccc4NC3=O)CC2)C(=O)N2CCC(N3CCC[C@@H]3C(=O)OCCN3CCCC3=O)CC2)cc2oc(=O)n(C)c12. The molecule has 6 heterocycles. The lowest BCUT2D eigenvalue weighted by atomic mass is 9.99. The number of hydrogen-bond acceptors (Lipinski definition) is 10. The fourth-order valence-electron chi connectivity index (χ4n) is 9.78. The van der Waals surface area contributed by atoms with Gasteiger partial charge in [0, 0.05) is 76.9 Å². The third-order valence-corrected chi connectivity index (χ3v) is 13.0. The fourth-order valence-corrected chi connectivity index (χ4v) is 9.78. The zero-order chi connectivity index (χ0) is 41.2. The number of hydrogen-bond donors (Lipinski definition) is 1. The quantitative estimate of drug-likeness (QED) is 0.299. The Kier molecular flexibility index (Phi) is 12.0. The van der Waals surface area contributed by atoms with Crippen molar-refractivity contribution in [3.05, 3.63) is 63.6 Å². The van der Waals surface area contributed by atoms with Crippen LogP contribution in [0.1, 0.15) is 68.1 Å². The average molecular weight is 814 g/mol. The van der Waals surface area contributed by atoms with Gasteiger partial charge in [0.1, 0.15) is 12.6 Å². The summed E-state index contributed by atoms with van der Waals surface area (Å²) < 4.78 is 18.7. The molecule has 16 nitrogen and oxygen atoms in total. The van der Waals surface area contributed by atoms with Gasteiger partial charge in [-0.3, -0.25) is 23.9 Å². The van der Waals surface area contributed by atoms with Crippen LogP contribution < -0.4 is 11.1 Å². The van der Waals surface area contributed by atoms with Gasteiger partial charge in [0.25, 0.3) is 5.91 Å². The number of carbonyl (C=O) groups excluding carboxylic acids is 5. The van der Waals surface area contributed by atoms with Crippen molar-refractivity contribution in [2.24, 2.45) is 7.05 Å². The molecule has 5 aliphatic heterocycles. The first-order valence-electron chi connectivity index (χ1n) is 21.2. The number of aromatic nitrogens is 1. The molecule has 5 aliphatic rings. The van der Waals surface area contributed by atoms with Crippen LogP contribution in [0.4, 0.5) is 15.3 Å². The number of rotatable bonds is 10. The van der Waals surface area contributed by atoms with Gasteiger partial charge in [-0.1, -0.05) is 24.3 Å². The Morgan fingerprint density at radius 2 is 1.61 bits per heavy atom. The third-order valence-electron chi connectivity index (χ3n) is 13.0. The molecule has 3 aromatic rings. The number of benzene rings is 2. The van der Waals surface area contributed by atoms with Crippen molar-refractivity contribution in [1.82, 2.24) is 29.1 Å². The molecule has 0 saturated carbocycles. The number of anilines is 1. The van der Waals surface area contributed by atoms with Gasteiger partial charge in [-0.25, -0.2) is 14.4 Å². The number of para-hydroxylation sites is 1. The number of likely N-dealkylation sites (tertiary alicyclic amines) is 4. The Hall–Kier alpha value is -5.38. The van der Waals surface area contributed by atoms with Gasteiger partial charge in [-0.2, -0.15) is 0 Å². The summed E-state index contributed by atoms with van der Waals surface area (Å²) in [6, 6.07) is 11.0. The van der Waals surface area contributed by atoms with E-state index in [9.17, 15) is 28.8 Å². The molecule has 4 saturated heterocycles. The normalized spacial score (nSPS) is 21.4. The summed E-state index contributed by atoms with van der Waals surface area (Å²) in [5.74, 6) is -0.937. The predicted octanol–water partition coefficient (Wildman–Crippen LogP) is 3.66. The molecule has 1 N–H and O–H groups in total. The lowest BCUT2D eigenvalue weighted by Crippen LogP contribution is -2.53. The van der Waals surface area contributed by atoms with E-state index in [-0.39, 0.29) is 55.0 Å². The number of ether oxygens (including phenoxy) is 2. The highest BCUT2D eigenvalue weighted by Gasteiger charge is 2.40. The number of amides is 5. The van der Waals surface area contributed by atoms with Crippen molar-refractivity contribution in [1.29, 1.82) is 0 Å². The van der Waals surface area contributed by atoms with Crippen LogP contribution in [-0.4, -0.2) is 142 Å². The minimum absolute atomic E-state index is 0.0417. The second-order valence-electron chi connectivity index (χ2n) is 16.6. The van der Waals surface area contributed by atoms with E-state index in [2.05, 4.69) is 10.2 Å². The minimum Gasteiger partial charge on any atom is -0.463 e. The van der Waals surface area contributed by atoms with Crippen molar-refractivity contribution in [2.45, 2.75) is 95.4 Å². The summed E-state index contributed by atoms with van der Waals surface area (Å²) in [5.41, 5.74) is 4.49. The first kappa shape index (κ1) is 40.4. The molecule has 0 spiro atoms. The second-order valence-corrected chi connectivity index (χ2v) is 16.6. The molecule has 4 fully saturated rings. The standard InChI is InChI=1S/C43H55N7O9/c1-28-25-29(26-35-38(28)45(2)42(55)58-35)27-36(59-43(56)48-20-14-32(15-21-48)50-22-11-30-7-3-4-8-33(30)44-41(50)54)39(52)47-18-12-31(13-19-47)49-17-5-9-34(49)40(53)57-24-23-46-16-6-10-37(46)51/h3-4,7-8,25-26,31-32,34,36H,5-6,9-24,27H2,1-2H3,(H,44,54)/t34-,36-/m1/s1. The van der Waals surface area contributed by atoms with Crippen LogP contribution in [-0.2, 0) is 43.7 Å². The molecule has 316 valence electrons. The summed E-state index contributed by atoms with van der Waals surface area (Å²) in [5, 5.41) is 3.04. The van der Waals surface area contributed by atoms with Crippen LogP contribution in [0, 0.1) is 6.92 Å². The van der Waals surface area contributed by atoms with Gasteiger partial charge in [0.2, 0.25) is 5.91 Å². The number of nitrogens with zero attached hydrogens (tertiary/aromatic N) is 6. The monoisotopic (exact) mass is 813 g/mol. The highest BCUT2D eigenvalue weighted by Crippen LogP contribution is 2.29. The zero-order valence-corrected chi connectivity index (χ0v) is 34.1. The molecule has 0 radical (unpaired) electrons. The van der Waals surface area contributed by atoms with E-state index >= 15 is 0 Å². The molecule has 0 aliphatic carbocycles. The van der Waals surface area contributed by atoms with Crippen LogP contribution in [0.2, 0.25) is 0 Å². The van der Waals surface area contributed by atoms with Crippen molar-refractivity contribution in [3.63, 3.8) is 0 Å². The van der Waals surface area contributed by atoms with Crippen molar-refractivity contribution < 1.29 is 37.9 Å². The van der Waals surface area contributed by atoms with E-state index in [4.69, 9.17) is 13.9 Å². The Balaban J connectivity index is 0.903. The van der Waals surface area contributed by atoms with Crippen molar-refractivity contribution in [2.75, 3.05) is 64.3 Å².